The molecular weight excluding hydrogens is 330 g/mol. The molecule has 0 bridgehead atoms. The lowest BCUT2D eigenvalue weighted by Crippen LogP contribution is -2.43. The molecule has 3 rings (SSSR count). The summed E-state index contributed by atoms with van der Waals surface area (Å²) in [4.78, 5) is 23.7. The van der Waals surface area contributed by atoms with Gasteiger partial charge in [0, 0.05) is 30.3 Å². The van der Waals surface area contributed by atoms with E-state index in [0.29, 0.717) is 23.9 Å². The van der Waals surface area contributed by atoms with Gasteiger partial charge in [0.05, 0.1) is 0 Å². The normalized spacial score (nSPS) is 17.4. The number of amides is 2. The number of hydrogen-bond donors (Lipinski definition) is 3. The van der Waals surface area contributed by atoms with Crippen LogP contribution in [0, 0.1) is 11.8 Å². The summed E-state index contributed by atoms with van der Waals surface area (Å²) in [6.07, 6.45) is 4.19. The minimum atomic E-state index is -0.167. The highest BCUT2D eigenvalue weighted by molar-refractivity contribution is 5.94. The molecule has 0 aliphatic heterocycles. The van der Waals surface area contributed by atoms with Crippen molar-refractivity contribution in [2.45, 2.75) is 31.7 Å². The Labute approximate surface area is 147 Å². The van der Waals surface area contributed by atoms with Crippen LogP contribution in [-0.4, -0.2) is 31.0 Å². The number of nitrogens with two attached hydrogens (primary N) is 1. The summed E-state index contributed by atoms with van der Waals surface area (Å²) in [5, 5.41) is 5.77. The lowest BCUT2D eigenvalue weighted by molar-refractivity contribution is -0.124. The van der Waals surface area contributed by atoms with Gasteiger partial charge in [0.1, 0.15) is 5.75 Å². The highest BCUT2D eigenvalue weighted by Gasteiger charge is 2.31. The van der Waals surface area contributed by atoms with E-state index >= 15 is 0 Å². The van der Waals surface area contributed by atoms with Gasteiger partial charge in [-0.2, -0.15) is 0 Å². The van der Waals surface area contributed by atoms with E-state index < -0.39 is 0 Å². The Morgan fingerprint density at radius 2 is 2.00 bits per heavy atom. The zero-order valence-corrected chi connectivity index (χ0v) is 14.3. The van der Waals surface area contributed by atoms with Crippen molar-refractivity contribution in [3.8, 4) is 5.75 Å². The van der Waals surface area contributed by atoms with Crippen LogP contribution in [0.5, 0.6) is 5.75 Å². The lowest BCUT2D eigenvalue weighted by atomic mass is 10.2. The molecule has 2 saturated carbocycles. The van der Waals surface area contributed by atoms with Crippen LogP contribution in [0.2, 0.25) is 0 Å². The molecule has 2 aliphatic carbocycles. The number of halogens is 1. The molecule has 0 radical (unpaired) electrons. The van der Waals surface area contributed by atoms with Crippen LogP contribution in [0.1, 0.15) is 25.7 Å². The molecule has 0 heterocycles. The van der Waals surface area contributed by atoms with Gasteiger partial charge < -0.3 is 21.1 Å². The second kappa shape index (κ2) is 8.35. The summed E-state index contributed by atoms with van der Waals surface area (Å²) < 4.78 is 5.51. The van der Waals surface area contributed by atoms with E-state index in [0.717, 1.165) is 25.7 Å². The number of rotatable bonds is 8. The summed E-state index contributed by atoms with van der Waals surface area (Å²) in [7, 11) is 0. The highest BCUT2D eigenvalue weighted by atomic mass is 35.5. The molecule has 0 spiro atoms. The van der Waals surface area contributed by atoms with Crippen molar-refractivity contribution in [3.63, 3.8) is 0 Å². The molecule has 7 heteroatoms. The maximum atomic E-state index is 11.9. The number of carbonyl (C=O) groups excluding carboxylic acids is 2. The monoisotopic (exact) mass is 353 g/mol. The maximum Gasteiger partial charge on any atom is 0.258 e. The van der Waals surface area contributed by atoms with Gasteiger partial charge in [0.2, 0.25) is 5.91 Å². The first-order chi connectivity index (χ1) is 11.2. The molecule has 1 aromatic rings. The number of carbonyl (C=O) groups is 2. The van der Waals surface area contributed by atoms with Crippen molar-refractivity contribution in [1.82, 2.24) is 5.32 Å². The Morgan fingerprint density at radius 1 is 1.25 bits per heavy atom. The van der Waals surface area contributed by atoms with Gasteiger partial charge in [-0.3, -0.25) is 9.59 Å². The van der Waals surface area contributed by atoms with E-state index in [1.165, 1.54) is 0 Å². The van der Waals surface area contributed by atoms with Crippen molar-refractivity contribution in [2.24, 2.45) is 17.6 Å². The average molecular weight is 354 g/mol. The Morgan fingerprint density at radius 3 is 2.62 bits per heavy atom. The van der Waals surface area contributed by atoms with Gasteiger partial charge >= 0.3 is 0 Å². The predicted octanol–water partition coefficient (Wildman–Crippen LogP) is 1.69. The first kappa shape index (κ1) is 18.5. The van der Waals surface area contributed by atoms with E-state index in [-0.39, 0.29) is 42.8 Å². The van der Waals surface area contributed by atoms with E-state index in [4.69, 9.17) is 10.5 Å². The van der Waals surface area contributed by atoms with Crippen molar-refractivity contribution in [2.75, 3.05) is 18.5 Å². The van der Waals surface area contributed by atoms with Gasteiger partial charge in [-0.25, -0.2) is 0 Å². The molecule has 1 atom stereocenters. The van der Waals surface area contributed by atoms with Crippen molar-refractivity contribution >= 4 is 29.9 Å². The standard InChI is InChI=1S/C17H23N3O3.ClH/c18-9-15(11-4-5-11)20-16(21)10-23-14-3-1-2-13(8-14)19-17(22)12-6-7-12;/h1-3,8,11-12,15H,4-7,9-10,18H2,(H,19,22)(H,20,21);1H. The Balaban J connectivity index is 0.00000208. The molecule has 2 fully saturated rings. The highest BCUT2D eigenvalue weighted by Crippen LogP contribution is 2.32. The van der Waals surface area contributed by atoms with E-state index in [1.54, 1.807) is 18.2 Å². The molecule has 0 saturated heterocycles. The van der Waals surface area contributed by atoms with Gasteiger partial charge in [0.25, 0.3) is 5.91 Å². The number of anilines is 1. The molecule has 1 unspecified atom stereocenters. The SMILES string of the molecule is Cl.NCC(NC(=O)COc1cccc(NC(=O)C2CC2)c1)C1CC1. The third-order valence-electron chi connectivity index (χ3n) is 4.21. The maximum absolute atomic E-state index is 11.9. The Bertz CT molecular complexity index is 588. The predicted molar refractivity (Wildman–Crippen MR) is 94.2 cm³/mol. The quantitative estimate of drug-likeness (QED) is 0.663. The van der Waals surface area contributed by atoms with Gasteiger partial charge in [-0.05, 0) is 43.7 Å². The molecule has 1 aromatic carbocycles. The van der Waals surface area contributed by atoms with E-state index in [1.807, 2.05) is 6.07 Å². The minimum absolute atomic E-state index is 0. The first-order valence-corrected chi connectivity index (χ1v) is 8.19. The lowest BCUT2D eigenvalue weighted by Gasteiger charge is -2.16. The molecule has 0 aromatic heterocycles. The Hall–Kier alpha value is -1.79. The third-order valence-corrected chi connectivity index (χ3v) is 4.21. The fourth-order valence-corrected chi connectivity index (χ4v) is 2.52. The fourth-order valence-electron chi connectivity index (χ4n) is 2.52. The zero-order valence-electron chi connectivity index (χ0n) is 13.5. The summed E-state index contributed by atoms with van der Waals surface area (Å²) in [6, 6.07) is 7.15. The number of hydrogen-bond acceptors (Lipinski definition) is 4. The van der Waals surface area contributed by atoms with Crippen molar-refractivity contribution in [3.05, 3.63) is 24.3 Å². The van der Waals surface area contributed by atoms with Gasteiger partial charge in [-0.1, -0.05) is 6.07 Å². The number of benzene rings is 1. The molecule has 24 heavy (non-hydrogen) atoms. The second-order valence-corrected chi connectivity index (χ2v) is 6.33. The molecule has 6 nitrogen and oxygen atoms in total. The Kier molecular flexibility index (Phi) is 6.45. The van der Waals surface area contributed by atoms with Crippen molar-refractivity contribution < 1.29 is 14.3 Å². The van der Waals surface area contributed by atoms with Crippen LogP contribution < -0.4 is 21.1 Å². The molecular formula is C17H24ClN3O3. The fraction of sp³-hybridized carbons (Fsp3) is 0.529. The first-order valence-electron chi connectivity index (χ1n) is 8.19. The topological polar surface area (TPSA) is 93.4 Å². The number of nitrogens with one attached hydrogen (secondary N) is 2. The van der Waals surface area contributed by atoms with Crippen LogP contribution >= 0.6 is 12.4 Å². The molecule has 132 valence electrons. The molecule has 4 N–H and O–H groups in total. The van der Waals surface area contributed by atoms with E-state index in [2.05, 4.69) is 10.6 Å². The zero-order chi connectivity index (χ0) is 16.2. The minimum Gasteiger partial charge on any atom is -0.484 e. The van der Waals surface area contributed by atoms with Crippen LogP contribution in [0.3, 0.4) is 0 Å². The van der Waals surface area contributed by atoms with Crippen LogP contribution in [0.4, 0.5) is 5.69 Å². The van der Waals surface area contributed by atoms with E-state index in [9.17, 15) is 9.59 Å². The van der Waals surface area contributed by atoms with Crippen LogP contribution in [-0.2, 0) is 9.59 Å². The summed E-state index contributed by atoms with van der Waals surface area (Å²) >= 11 is 0. The third kappa shape index (κ3) is 5.39. The summed E-state index contributed by atoms with van der Waals surface area (Å²) in [6.45, 7) is 0.405. The number of ether oxygens (including phenoxy) is 1. The largest absolute Gasteiger partial charge is 0.484 e. The van der Waals surface area contributed by atoms with Crippen LogP contribution in [0.15, 0.2) is 24.3 Å². The second-order valence-electron chi connectivity index (χ2n) is 6.33. The molecule has 2 amide bonds. The van der Waals surface area contributed by atoms with Gasteiger partial charge in [-0.15, -0.1) is 12.4 Å². The average Bonchev–Trinajstić information content (AvgIpc) is 3.41. The van der Waals surface area contributed by atoms with Crippen molar-refractivity contribution in [1.29, 1.82) is 0 Å². The smallest absolute Gasteiger partial charge is 0.258 e. The summed E-state index contributed by atoms with van der Waals surface area (Å²) in [5.41, 5.74) is 6.36. The van der Waals surface area contributed by atoms with Gasteiger partial charge in [0.15, 0.2) is 6.61 Å². The van der Waals surface area contributed by atoms with Crippen LogP contribution in [0.25, 0.3) is 0 Å². The summed E-state index contributed by atoms with van der Waals surface area (Å²) in [5.74, 6) is 1.12. The molecule has 2 aliphatic rings.